The van der Waals surface area contributed by atoms with Crippen molar-refractivity contribution in [1.82, 2.24) is 15.5 Å². The van der Waals surface area contributed by atoms with Crippen LogP contribution in [0.4, 0.5) is 0 Å². The van der Waals surface area contributed by atoms with Crippen LogP contribution < -0.4 is 10.6 Å². The molecule has 5 heteroatoms. The molecular weight excluding hydrogens is 483 g/mol. The van der Waals surface area contributed by atoms with Crippen LogP contribution in [0.1, 0.15) is 43.2 Å². The Morgan fingerprint density at radius 3 is 2.17 bits per heavy atom. The van der Waals surface area contributed by atoms with E-state index in [2.05, 4.69) is 83.1 Å². The van der Waals surface area contributed by atoms with E-state index in [1.54, 1.807) is 0 Å². The molecule has 2 N–H and O–H groups in total. The summed E-state index contributed by atoms with van der Waals surface area (Å²) in [6.45, 7) is 7.28. The molecule has 2 aliphatic rings. The predicted molar refractivity (Wildman–Crippen MR) is 137 cm³/mol. The second-order valence-corrected chi connectivity index (χ2v) is 8.36. The Labute approximate surface area is 198 Å². The van der Waals surface area contributed by atoms with Crippen molar-refractivity contribution in [3.8, 4) is 0 Å². The lowest BCUT2D eigenvalue weighted by molar-refractivity contribution is 0.314. The minimum absolute atomic E-state index is 0. The van der Waals surface area contributed by atoms with Crippen LogP contribution in [0.25, 0.3) is 0 Å². The van der Waals surface area contributed by atoms with Gasteiger partial charge in [0.1, 0.15) is 0 Å². The van der Waals surface area contributed by atoms with Gasteiger partial charge in [-0.05, 0) is 49.8 Å². The van der Waals surface area contributed by atoms with Crippen LogP contribution in [0.2, 0.25) is 0 Å². The van der Waals surface area contributed by atoms with Crippen LogP contribution in [-0.4, -0.2) is 49.6 Å². The number of guanidine groups is 1. The number of halogens is 1. The third-order valence-corrected chi connectivity index (χ3v) is 6.12. The molecule has 1 unspecified atom stereocenters. The summed E-state index contributed by atoms with van der Waals surface area (Å²) < 4.78 is 0. The number of hydrogen-bond acceptors (Lipinski definition) is 2. The number of likely N-dealkylation sites (tertiary alicyclic amines) is 1. The first-order valence-electron chi connectivity index (χ1n) is 11.2. The largest absolute Gasteiger partial charge is 0.357 e. The fourth-order valence-corrected chi connectivity index (χ4v) is 4.34. The standard InChI is InChI=1S/C25H34N4.HI/c1-2-26-25(27-17-20-15-16-29(19-20)23-13-14-23)28-18-24(21-9-5-3-6-10-21)22-11-7-4-8-12-22;/h3-12,20,23-24H,2,13-19H2,1H3,(H2,26,27,28);1H. The Hall–Kier alpha value is -1.60. The van der Waals surface area contributed by atoms with E-state index in [4.69, 9.17) is 4.99 Å². The van der Waals surface area contributed by atoms with E-state index in [9.17, 15) is 0 Å². The highest BCUT2D eigenvalue weighted by Crippen LogP contribution is 2.31. The van der Waals surface area contributed by atoms with Gasteiger partial charge in [0.25, 0.3) is 0 Å². The molecule has 1 aliphatic heterocycles. The molecule has 2 aromatic rings. The van der Waals surface area contributed by atoms with Crippen molar-refractivity contribution in [2.75, 3.05) is 32.7 Å². The summed E-state index contributed by atoms with van der Waals surface area (Å²) in [5.41, 5.74) is 2.63. The second-order valence-electron chi connectivity index (χ2n) is 8.36. The summed E-state index contributed by atoms with van der Waals surface area (Å²) in [6, 6.07) is 22.3. The Kier molecular flexibility index (Phi) is 9.00. The molecule has 0 radical (unpaired) electrons. The summed E-state index contributed by atoms with van der Waals surface area (Å²) in [4.78, 5) is 7.65. The number of nitrogens with zero attached hydrogens (tertiary/aromatic N) is 2. The Bertz CT molecular complexity index is 737. The van der Waals surface area contributed by atoms with Crippen LogP contribution >= 0.6 is 24.0 Å². The minimum Gasteiger partial charge on any atom is -0.357 e. The maximum Gasteiger partial charge on any atom is 0.191 e. The fourth-order valence-electron chi connectivity index (χ4n) is 4.34. The number of hydrogen-bond donors (Lipinski definition) is 2. The van der Waals surface area contributed by atoms with Crippen LogP contribution in [0.5, 0.6) is 0 Å². The molecule has 2 fully saturated rings. The van der Waals surface area contributed by atoms with Gasteiger partial charge in [-0.3, -0.25) is 4.99 Å². The van der Waals surface area contributed by atoms with Gasteiger partial charge in [-0.25, -0.2) is 0 Å². The van der Waals surface area contributed by atoms with Gasteiger partial charge < -0.3 is 15.5 Å². The summed E-state index contributed by atoms with van der Waals surface area (Å²) >= 11 is 0. The lowest BCUT2D eigenvalue weighted by Gasteiger charge is -2.19. The molecule has 0 bridgehead atoms. The topological polar surface area (TPSA) is 39.7 Å². The summed E-state index contributed by atoms with van der Waals surface area (Å²) in [5, 5.41) is 7.05. The third kappa shape index (κ3) is 6.45. The first-order chi connectivity index (χ1) is 14.3. The summed E-state index contributed by atoms with van der Waals surface area (Å²) in [5.74, 6) is 1.94. The zero-order valence-corrected chi connectivity index (χ0v) is 20.3. The van der Waals surface area contributed by atoms with Crippen molar-refractivity contribution in [3.63, 3.8) is 0 Å². The lowest BCUT2D eigenvalue weighted by atomic mass is 9.91. The van der Waals surface area contributed by atoms with Gasteiger partial charge >= 0.3 is 0 Å². The average molecular weight is 518 g/mol. The van der Waals surface area contributed by atoms with E-state index >= 15 is 0 Å². The van der Waals surface area contributed by atoms with Crippen molar-refractivity contribution in [3.05, 3.63) is 71.8 Å². The molecule has 1 saturated heterocycles. The van der Waals surface area contributed by atoms with Gasteiger partial charge in [-0.1, -0.05) is 60.7 Å². The quantitative estimate of drug-likeness (QED) is 0.308. The first kappa shape index (κ1) is 23.1. The highest BCUT2D eigenvalue weighted by Gasteiger charge is 2.34. The molecule has 0 spiro atoms. The molecule has 4 nitrogen and oxygen atoms in total. The molecule has 30 heavy (non-hydrogen) atoms. The number of benzene rings is 2. The molecule has 1 saturated carbocycles. The van der Waals surface area contributed by atoms with Crippen molar-refractivity contribution < 1.29 is 0 Å². The van der Waals surface area contributed by atoms with Crippen LogP contribution in [0, 0.1) is 5.92 Å². The van der Waals surface area contributed by atoms with Crippen molar-refractivity contribution in [1.29, 1.82) is 0 Å². The van der Waals surface area contributed by atoms with E-state index in [-0.39, 0.29) is 29.9 Å². The third-order valence-electron chi connectivity index (χ3n) is 6.12. The second kappa shape index (κ2) is 11.7. The van der Waals surface area contributed by atoms with E-state index in [1.807, 2.05) is 0 Å². The summed E-state index contributed by atoms with van der Waals surface area (Å²) in [7, 11) is 0. The molecule has 1 aliphatic carbocycles. The first-order valence-corrected chi connectivity index (χ1v) is 11.2. The van der Waals surface area contributed by atoms with E-state index in [0.29, 0.717) is 0 Å². The highest BCUT2D eigenvalue weighted by atomic mass is 127. The smallest absolute Gasteiger partial charge is 0.191 e. The highest BCUT2D eigenvalue weighted by molar-refractivity contribution is 14.0. The molecular formula is C25H35IN4. The maximum absolute atomic E-state index is 4.97. The van der Waals surface area contributed by atoms with Gasteiger partial charge in [0.05, 0.1) is 6.54 Å². The predicted octanol–water partition coefficient (Wildman–Crippen LogP) is 4.48. The molecule has 4 rings (SSSR count). The monoisotopic (exact) mass is 518 g/mol. The van der Waals surface area contributed by atoms with Crippen molar-refractivity contribution in [2.45, 2.75) is 38.1 Å². The Morgan fingerprint density at radius 2 is 1.60 bits per heavy atom. The Morgan fingerprint density at radius 1 is 0.967 bits per heavy atom. The van der Waals surface area contributed by atoms with Crippen LogP contribution in [0.15, 0.2) is 65.7 Å². The number of aliphatic imine (C=N–C) groups is 1. The minimum atomic E-state index is 0. The molecule has 162 valence electrons. The van der Waals surface area contributed by atoms with E-state index in [1.165, 1.54) is 43.5 Å². The van der Waals surface area contributed by atoms with E-state index < -0.39 is 0 Å². The molecule has 0 aromatic heterocycles. The summed E-state index contributed by atoms with van der Waals surface area (Å²) in [6.07, 6.45) is 4.12. The van der Waals surface area contributed by atoms with Gasteiger partial charge in [0.15, 0.2) is 5.96 Å². The molecule has 0 amide bonds. The van der Waals surface area contributed by atoms with Gasteiger partial charge in [-0.15, -0.1) is 24.0 Å². The molecule has 1 heterocycles. The zero-order chi connectivity index (χ0) is 19.9. The maximum atomic E-state index is 4.97. The fraction of sp³-hybridized carbons (Fsp3) is 0.480. The SMILES string of the molecule is CCNC(=NCC(c1ccccc1)c1ccccc1)NCC1CCN(C2CC2)C1.I. The van der Waals surface area contributed by atoms with Crippen LogP contribution in [-0.2, 0) is 0 Å². The number of rotatable bonds is 8. The van der Waals surface area contributed by atoms with Gasteiger partial charge in [-0.2, -0.15) is 0 Å². The van der Waals surface area contributed by atoms with Crippen LogP contribution in [0.3, 0.4) is 0 Å². The van der Waals surface area contributed by atoms with Crippen molar-refractivity contribution in [2.24, 2.45) is 10.9 Å². The van der Waals surface area contributed by atoms with Gasteiger partial charge in [0, 0.05) is 31.6 Å². The molecule has 1 atom stereocenters. The zero-order valence-electron chi connectivity index (χ0n) is 18.0. The van der Waals surface area contributed by atoms with Gasteiger partial charge in [0.2, 0.25) is 0 Å². The van der Waals surface area contributed by atoms with E-state index in [0.717, 1.165) is 37.6 Å². The lowest BCUT2D eigenvalue weighted by Crippen LogP contribution is -2.40. The number of nitrogens with one attached hydrogen (secondary N) is 2. The molecule has 2 aromatic carbocycles. The average Bonchev–Trinajstić information content (AvgIpc) is 3.51. The normalized spacial score (nSPS) is 19.5. The van der Waals surface area contributed by atoms with Crippen molar-refractivity contribution >= 4 is 29.9 Å². The Balaban J connectivity index is 0.00000256.